The maximum absolute atomic E-state index is 12.8. The summed E-state index contributed by atoms with van der Waals surface area (Å²) in [4.78, 5) is 0. The fourth-order valence-corrected chi connectivity index (χ4v) is 1.87. The van der Waals surface area contributed by atoms with Gasteiger partial charge in [-0.05, 0) is 6.07 Å². The lowest BCUT2D eigenvalue weighted by Crippen LogP contribution is -2.21. The van der Waals surface area contributed by atoms with Gasteiger partial charge in [0.2, 0.25) is 0 Å². The summed E-state index contributed by atoms with van der Waals surface area (Å²) in [5.74, 6) is -0.480. The molecule has 18 heavy (non-hydrogen) atoms. The fraction of sp³-hybridized carbons (Fsp3) is 0.500. The molecule has 0 bridgehead atoms. The largest absolute Gasteiger partial charge is 0.486 e. The minimum Gasteiger partial charge on any atom is -0.486 e. The molecule has 3 nitrogen and oxygen atoms in total. The Hall–Kier alpha value is -1.43. The summed E-state index contributed by atoms with van der Waals surface area (Å²) in [6, 6.07) is 2.30. The average Bonchev–Trinajstić information content (AvgIpc) is 2.35. The maximum atomic E-state index is 12.8. The number of hydrogen-bond donors (Lipinski definition) is 1. The number of hydrogen-bond acceptors (Lipinski definition) is 3. The molecule has 0 saturated carbocycles. The van der Waals surface area contributed by atoms with Crippen LogP contribution in [0.5, 0.6) is 11.5 Å². The van der Waals surface area contributed by atoms with Gasteiger partial charge in [0.05, 0.1) is 0 Å². The lowest BCUT2D eigenvalue weighted by Gasteiger charge is -2.25. The van der Waals surface area contributed by atoms with Gasteiger partial charge in [-0.25, -0.2) is 0 Å². The Balaban J connectivity index is 2.56. The van der Waals surface area contributed by atoms with E-state index in [4.69, 9.17) is 14.6 Å². The molecular weight excluding hydrogens is 249 g/mol. The highest BCUT2D eigenvalue weighted by molar-refractivity contribution is 5.55. The summed E-state index contributed by atoms with van der Waals surface area (Å²) in [7, 11) is 0. The average molecular weight is 262 g/mol. The Morgan fingerprint density at radius 1 is 1.22 bits per heavy atom. The first-order chi connectivity index (χ1) is 8.45. The van der Waals surface area contributed by atoms with Gasteiger partial charge in [0.1, 0.15) is 18.8 Å². The van der Waals surface area contributed by atoms with Crippen LogP contribution in [0.4, 0.5) is 13.2 Å². The van der Waals surface area contributed by atoms with Crippen LogP contribution in [-0.2, 0) is 6.18 Å². The fourth-order valence-electron chi connectivity index (χ4n) is 1.87. The predicted molar refractivity (Wildman–Crippen MR) is 57.9 cm³/mol. The number of fused-ring (bicyclic) bond motifs is 1. The smallest absolute Gasteiger partial charge is 0.420 e. The molecule has 0 radical (unpaired) electrons. The molecule has 100 valence electrons. The van der Waals surface area contributed by atoms with Crippen molar-refractivity contribution in [2.45, 2.75) is 19.0 Å². The van der Waals surface area contributed by atoms with Gasteiger partial charge in [-0.2, -0.15) is 13.2 Å². The first kappa shape index (κ1) is 13.0. The molecule has 0 fully saturated rings. The van der Waals surface area contributed by atoms with Crippen molar-refractivity contribution >= 4 is 0 Å². The number of aliphatic hydroxyl groups is 1. The minimum atomic E-state index is -4.48. The molecule has 1 unspecified atom stereocenters. The van der Waals surface area contributed by atoms with Crippen molar-refractivity contribution in [2.24, 2.45) is 0 Å². The third-order valence-corrected chi connectivity index (χ3v) is 2.83. The second kappa shape index (κ2) is 4.68. The lowest BCUT2D eigenvalue weighted by molar-refractivity contribution is -0.139. The van der Waals surface area contributed by atoms with E-state index in [0.29, 0.717) is 5.56 Å². The zero-order valence-corrected chi connectivity index (χ0v) is 9.75. The van der Waals surface area contributed by atoms with Crippen molar-refractivity contribution in [1.82, 2.24) is 0 Å². The number of benzene rings is 1. The summed E-state index contributed by atoms with van der Waals surface area (Å²) in [5.41, 5.74) is -0.314. The zero-order valence-electron chi connectivity index (χ0n) is 9.75. The molecule has 0 spiro atoms. The van der Waals surface area contributed by atoms with Crippen LogP contribution in [0, 0.1) is 0 Å². The van der Waals surface area contributed by atoms with Crippen LogP contribution >= 0.6 is 0 Å². The molecule has 1 aliphatic heterocycles. The van der Waals surface area contributed by atoms with Crippen molar-refractivity contribution < 1.29 is 27.8 Å². The number of halogens is 3. The lowest BCUT2D eigenvalue weighted by atomic mass is 9.97. The Bertz CT molecular complexity index is 443. The second-order valence-corrected chi connectivity index (χ2v) is 4.14. The summed E-state index contributed by atoms with van der Waals surface area (Å²) < 4.78 is 48.8. The molecule has 0 aliphatic carbocycles. The molecule has 0 aromatic heterocycles. The summed E-state index contributed by atoms with van der Waals surface area (Å²) in [6.07, 6.45) is -4.48. The predicted octanol–water partition coefficient (Wildman–Crippen LogP) is 2.57. The van der Waals surface area contributed by atoms with Gasteiger partial charge in [-0.3, -0.25) is 0 Å². The SMILES string of the molecule is CC(CO)c1ccc(C(F)(F)F)c2c1OCCO2. The molecule has 0 amide bonds. The van der Waals surface area contributed by atoms with Crippen LogP contribution in [0.1, 0.15) is 24.0 Å². The Morgan fingerprint density at radius 3 is 2.39 bits per heavy atom. The van der Waals surface area contributed by atoms with E-state index in [1.165, 1.54) is 6.07 Å². The van der Waals surface area contributed by atoms with E-state index < -0.39 is 11.7 Å². The number of aliphatic hydroxyl groups excluding tert-OH is 1. The zero-order chi connectivity index (χ0) is 13.3. The third-order valence-electron chi connectivity index (χ3n) is 2.83. The first-order valence-corrected chi connectivity index (χ1v) is 5.55. The normalized spacial score (nSPS) is 16.5. The van der Waals surface area contributed by atoms with Crippen LogP contribution in [0.3, 0.4) is 0 Å². The summed E-state index contributed by atoms with van der Waals surface area (Å²) >= 11 is 0. The van der Waals surface area contributed by atoms with E-state index in [9.17, 15) is 13.2 Å². The van der Waals surface area contributed by atoms with Gasteiger partial charge in [0.15, 0.2) is 11.5 Å². The molecule has 1 heterocycles. The van der Waals surface area contributed by atoms with E-state index in [1.807, 2.05) is 0 Å². The van der Waals surface area contributed by atoms with E-state index >= 15 is 0 Å². The number of ether oxygens (including phenoxy) is 2. The highest BCUT2D eigenvalue weighted by atomic mass is 19.4. The summed E-state index contributed by atoms with van der Waals surface area (Å²) in [5, 5.41) is 9.10. The van der Waals surface area contributed by atoms with Gasteiger partial charge in [0, 0.05) is 18.1 Å². The summed E-state index contributed by atoms with van der Waals surface area (Å²) in [6.45, 7) is 1.84. The monoisotopic (exact) mass is 262 g/mol. The molecule has 1 aliphatic rings. The molecule has 6 heteroatoms. The molecule has 0 saturated heterocycles. The van der Waals surface area contributed by atoms with Crippen molar-refractivity contribution in [2.75, 3.05) is 19.8 Å². The van der Waals surface area contributed by atoms with Gasteiger partial charge < -0.3 is 14.6 Å². The number of rotatable bonds is 2. The third kappa shape index (κ3) is 2.25. The van der Waals surface area contributed by atoms with Crippen molar-refractivity contribution in [3.63, 3.8) is 0 Å². The topological polar surface area (TPSA) is 38.7 Å². The van der Waals surface area contributed by atoms with E-state index in [2.05, 4.69) is 0 Å². The van der Waals surface area contributed by atoms with E-state index in [-0.39, 0.29) is 37.2 Å². The van der Waals surface area contributed by atoms with Crippen molar-refractivity contribution in [1.29, 1.82) is 0 Å². The van der Waals surface area contributed by atoms with Gasteiger partial charge in [-0.15, -0.1) is 0 Å². The van der Waals surface area contributed by atoms with Gasteiger partial charge in [0.25, 0.3) is 0 Å². The Labute approximate surface area is 102 Å². The first-order valence-electron chi connectivity index (χ1n) is 5.55. The van der Waals surface area contributed by atoms with Crippen LogP contribution in [0.25, 0.3) is 0 Å². The van der Waals surface area contributed by atoms with Crippen LogP contribution in [0.15, 0.2) is 12.1 Å². The molecule has 1 aromatic carbocycles. The molecular formula is C12H13F3O3. The standard InChI is InChI=1S/C12H13F3O3/c1-7(6-16)8-2-3-9(12(13,14)15)11-10(8)17-4-5-18-11/h2-3,7,16H,4-6H2,1H3. The quantitative estimate of drug-likeness (QED) is 0.890. The maximum Gasteiger partial charge on any atom is 0.420 e. The van der Waals surface area contributed by atoms with Gasteiger partial charge >= 0.3 is 6.18 Å². The Kier molecular flexibility index (Phi) is 3.38. The minimum absolute atomic E-state index is 0.0903. The van der Waals surface area contributed by atoms with E-state index in [0.717, 1.165) is 6.07 Å². The van der Waals surface area contributed by atoms with Crippen LogP contribution < -0.4 is 9.47 Å². The second-order valence-electron chi connectivity index (χ2n) is 4.14. The van der Waals surface area contributed by atoms with Gasteiger partial charge in [-0.1, -0.05) is 13.0 Å². The van der Waals surface area contributed by atoms with Crippen LogP contribution in [0.2, 0.25) is 0 Å². The van der Waals surface area contributed by atoms with Crippen molar-refractivity contribution in [3.05, 3.63) is 23.3 Å². The molecule has 1 aromatic rings. The van der Waals surface area contributed by atoms with Crippen molar-refractivity contribution in [3.8, 4) is 11.5 Å². The highest BCUT2D eigenvalue weighted by Crippen LogP contribution is 2.46. The Morgan fingerprint density at radius 2 is 1.83 bits per heavy atom. The highest BCUT2D eigenvalue weighted by Gasteiger charge is 2.38. The van der Waals surface area contributed by atoms with Crippen LogP contribution in [-0.4, -0.2) is 24.9 Å². The molecule has 1 atom stereocenters. The number of alkyl halides is 3. The van der Waals surface area contributed by atoms with E-state index in [1.54, 1.807) is 6.92 Å². The molecule has 2 rings (SSSR count). The molecule has 1 N–H and O–H groups in total.